The molecule has 0 saturated heterocycles. The third-order valence-electron chi connectivity index (χ3n) is 3.05. The Hall–Kier alpha value is -2.88. The second kappa shape index (κ2) is 5.63. The fraction of sp³-hybridized carbons (Fsp3) is 0.0588. The van der Waals surface area contributed by atoms with Crippen LogP contribution in [-0.4, -0.2) is 15.1 Å². The normalized spacial score (nSPS) is 10.3. The lowest BCUT2D eigenvalue weighted by Crippen LogP contribution is -1.98. The van der Waals surface area contributed by atoms with Crippen molar-refractivity contribution < 1.29 is 5.11 Å². The maximum atomic E-state index is 9.31. The van der Waals surface area contributed by atoms with Gasteiger partial charge in [0, 0.05) is 17.3 Å². The van der Waals surface area contributed by atoms with Crippen molar-refractivity contribution in [2.24, 2.45) is 0 Å². The number of aromatic nitrogens is 2. The highest BCUT2D eigenvalue weighted by molar-refractivity contribution is 5.65. The summed E-state index contributed by atoms with van der Waals surface area (Å²) in [5.74, 6) is 1.68. The maximum absolute atomic E-state index is 9.31. The number of aromatic hydroxyl groups is 1. The Morgan fingerprint density at radius 2 is 1.62 bits per heavy atom. The van der Waals surface area contributed by atoms with Crippen LogP contribution < -0.4 is 5.32 Å². The lowest BCUT2D eigenvalue weighted by atomic mass is 10.1. The van der Waals surface area contributed by atoms with Crippen LogP contribution in [0.4, 0.5) is 11.5 Å². The van der Waals surface area contributed by atoms with E-state index in [0.29, 0.717) is 5.82 Å². The van der Waals surface area contributed by atoms with Crippen molar-refractivity contribution in [1.29, 1.82) is 0 Å². The monoisotopic (exact) mass is 277 g/mol. The zero-order valence-electron chi connectivity index (χ0n) is 11.6. The molecule has 0 aliphatic heterocycles. The summed E-state index contributed by atoms with van der Waals surface area (Å²) in [5, 5.41) is 12.5. The summed E-state index contributed by atoms with van der Waals surface area (Å²) in [7, 11) is 0. The van der Waals surface area contributed by atoms with Gasteiger partial charge < -0.3 is 10.4 Å². The molecule has 0 atom stereocenters. The summed E-state index contributed by atoms with van der Waals surface area (Å²) in [6, 6.07) is 18.8. The van der Waals surface area contributed by atoms with Crippen molar-refractivity contribution >= 4 is 11.5 Å². The van der Waals surface area contributed by atoms with Gasteiger partial charge in [0.1, 0.15) is 17.4 Å². The number of nitrogens with zero attached hydrogens (tertiary/aromatic N) is 2. The van der Waals surface area contributed by atoms with Crippen LogP contribution in [0.25, 0.3) is 11.3 Å². The van der Waals surface area contributed by atoms with Crippen LogP contribution in [0.3, 0.4) is 0 Å². The van der Waals surface area contributed by atoms with Gasteiger partial charge in [0.2, 0.25) is 0 Å². The van der Waals surface area contributed by atoms with Gasteiger partial charge in [-0.15, -0.1) is 0 Å². The molecule has 0 bridgehead atoms. The molecule has 4 nitrogen and oxygen atoms in total. The smallest absolute Gasteiger partial charge is 0.134 e. The highest BCUT2D eigenvalue weighted by atomic mass is 16.3. The Bertz CT molecular complexity index is 740. The molecule has 0 fully saturated rings. The van der Waals surface area contributed by atoms with Gasteiger partial charge in [-0.25, -0.2) is 9.97 Å². The van der Waals surface area contributed by atoms with Gasteiger partial charge in [0.25, 0.3) is 0 Å². The molecule has 1 aromatic heterocycles. The molecular weight excluding hydrogens is 262 g/mol. The van der Waals surface area contributed by atoms with Crippen molar-refractivity contribution in [3.8, 4) is 17.0 Å². The molecule has 4 heteroatoms. The van der Waals surface area contributed by atoms with Gasteiger partial charge in [-0.3, -0.25) is 0 Å². The van der Waals surface area contributed by atoms with E-state index in [4.69, 9.17) is 0 Å². The number of hydrogen-bond acceptors (Lipinski definition) is 4. The first kappa shape index (κ1) is 13.1. The van der Waals surface area contributed by atoms with Crippen LogP contribution in [0.15, 0.2) is 60.7 Å². The Labute approximate surface area is 123 Å². The largest absolute Gasteiger partial charge is 0.508 e. The predicted octanol–water partition coefficient (Wildman–Crippen LogP) is 3.90. The number of benzene rings is 2. The first-order chi connectivity index (χ1) is 10.2. The third-order valence-corrected chi connectivity index (χ3v) is 3.05. The molecule has 2 aromatic carbocycles. The standard InChI is InChI=1S/C17H15N3O/c1-12-18-16(13-5-3-2-4-6-13)11-17(19-12)20-14-7-9-15(21)10-8-14/h2-11,21H,1H3,(H,18,19,20). The second-order valence-electron chi connectivity index (χ2n) is 4.72. The fourth-order valence-electron chi connectivity index (χ4n) is 2.08. The van der Waals surface area contributed by atoms with Gasteiger partial charge in [-0.05, 0) is 31.2 Å². The minimum atomic E-state index is 0.240. The molecule has 0 aliphatic rings. The van der Waals surface area contributed by atoms with Crippen molar-refractivity contribution in [3.63, 3.8) is 0 Å². The van der Waals surface area contributed by atoms with E-state index in [-0.39, 0.29) is 5.75 Å². The van der Waals surface area contributed by atoms with E-state index >= 15 is 0 Å². The van der Waals surface area contributed by atoms with Crippen LogP contribution in [0.2, 0.25) is 0 Å². The number of anilines is 2. The second-order valence-corrected chi connectivity index (χ2v) is 4.72. The minimum absolute atomic E-state index is 0.240. The van der Waals surface area contributed by atoms with E-state index in [1.807, 2.05) is 43.3 Å². The first-order valence-corrected chi connectivity index (χ1v) is 6.68. The highest BCUT2D eigenvalue weighted by Gasteiger charge is 2.04. The number of phenols is 1. The predicted molar refractivity (Wildman–Crippen MR) is 83.6 cm³/mol. The number of rotatable bonds is 3. The quantitative estimate of drug-likeness (QED) is 0.713. The molecular formula is C17H15N3O. The molecule has 3 aromatic rings. The molecule has 0 amide bonds. The maximum Gasteiger partial charge on any atom is 0.134 e. The number of aryl methyl sites for hydroxylation is 1. The molecule has 2 N–H and O–H groups in total. The zero-order valence-corrected chi connectivity index (χ0v) is 11.6. The van der Waals surface area contributed by atoms with Crippen molar-refractivity contribution in [2.45, 2.75) is 6.92 Å². The molecule has 0 spiro atoms. The van der Waals surface area contributed by atoms with Gasteiger partial charge in [0.05, 0.1) is 5.69 Å². The lowest BCUT2D eigenvalue weighted by Gasteiger charge is -2.09. The fourth-order valence-corrected chi connectivity index (χ4v) is 2.08. The Morgan fingerprint density at radius 3 is 2.33 bits per heavy atom. The van der Waals surface area contributed by atoms with E-state index in [9.17, 15) is 5.11 Å². The highest BCUT2D eigenvalue weighted by Crippen LogP contribution is 2.22. The Morgan fingerprint density at radius 1 is 0.905 bits per heavy atom. The van der Waals surface area contributed by atoms with Crippen LogP contribution in [0.1, 0.15) is 5.82 Å². The third kappa shape index (κ3) is 3.17. The zero-order chi connectivity index (χ0) is 14.7. The van der Waals surface area contributed by atoms with Crippen LogP contribution in [0, 0.1) is 6.92 Å². The van der Waals surface area contributed by atoms with Crippen molar-refractivity contribution in [1.82, 2.24) is 9.97 Å². The summed E-state index contributed by atoms with van der Waals surface area (Å²) in [6.07, 6.45) is 0. The molecule has 0 radical (unpaired) electrons. The SMILES string of the molecule is Cc1nc(Nc2ccc(O)cc2)cc(-c2ccccc2)n1. The summed E-state index contributed by atoms with van der Waals surface area (Å²) in [4.78, 5) is 8.86. The van der Waals surface area contributed by atoms with E-state index in [1.165, 1.54) is 0 Å². The van der Waals surface area contributed by atoms with Crippen LogP contribution >= 0.6 is 0 Å². The first-order valence-electron chi connectivity index (χ1n) is 6.68. The summed E-state index contributed by atoms with van der Waals surface area (Å²) in [5.41, 5.74) is 2.80. The Kier molecular flexibility index (Phi) is 3.51. The topological polar surface area (TPSA) is 58.0 Å². The van der Waals surface area contributed by atoms with Crippen molar-refractivity contribution in [3.05, 3.63) is 66.5 Å². The average molecular weight is 277 g/mol. The van der Waals surface area contributed by atoms with Gasteiger partial charge >= 0.3 is 0 Å². The summed E-state index contributed by atoms with van der Waals surface area (Å²) >= 11 is 0. The number of hydrogen-bond donors (Lipinski definition) is 2. The number of phenolic OH excluding ortho intramolecular Hbond substituents is 1. The van der Waals surface area contributed by atoms with Crippen molar-refractivity contribution in [2.75, 3.05) is 5.32 Å². The molecule has 21 heavy (non-hydrogen) atoms. The molecule has 3 rings (SSSR count). The van der Waals surface area contributed by atoms with Gasteiger partial charge in [-0.1, -0.05) is 30.3 Å². The van der Waals surface area contributed by atoms with Crippen LogP contribution in [-0.2, 0) is 0 Å². The minimum Gasteiger partial charge on any atom is -0.508 e. The summed E-state index contributed by atoms with van der Waals surface area (Å²) in [6.45, 7) is 1.87. The van der Waals surface area contributed by atoms with Gasteiger partial charge in [0.15, 0.2) is 0 Å². The summed E-state index contributed by atoms with van der Waals surface area (Å²) < 4.78 is 0. The molecule has 0 aliphatic carbocycles. The van der Waals surface area contributed by atoms with E-state index < -0.39 is 0 Å². The van der Waals surface area contributed by atoms with E-state index in [2.05, 4.69) is 15.3 Å². The molecule has 0 saturated carbocycles. The molecule has 1 heterocycles. The van der Waals surface area contributed by atoms with Gasteiger partial charge in [-0.2, -0.15) is 0 Å². The molecule has 104 valence electrons. The average Bonchev–Trinajstić information content (AvgIpc) is 2.50. The Balaban J connectivity index is 1.93. The van der Waals surface area contributed by atoms with Crippen LogP contribution in [0.5, 0.6) is 5.75 Å². The van der Waals surface area contributed by atoms with E-state index in [1.54, 1.807) is 24.3 Å². The van der Waals surface area contributed by atoms with E-state index in [0.717, 1.165) is 22.8 Å². The lowest BCUT2D eigenvalue weighted by molar-refractivity contribution is 0.475. The molecule has 0 unspecified atom stereocenters. The number of nitrogens with one attached hydrogen (secondary N) is 1.